The van der Waals surface area contributed by atoms with E-state index in [0.717, 1.165) is 0 Å². The van der Waals surface area contributed by atoms with E-state index in [9.17, 15) is 4.79 Å². The largest absolute Gasteiger partial charge is 0.341 e. The fourth-order valence-corrected chi connectivity index (χ4v) is 1.65. The number of nitrogens with zero attached hydrogens (tertiary/aromatic N) is 3. The van der Waals surface area contributed by atoms with Crippen LogP contribution in [-0.4, -0.2) is 31.9 Å². The molecule has 0 saturated heterocycles. The number of nitrogens with one attached hydrogen (secondary N) is 2. The number of H-pyrrole nitrogens is 1. The molecule has 0 radical (unpaired) electrons. The third-order valence-electron chi connectivity index (χ3n) is 2.69. The van der Waals surface area contributed by atoms with Gasteiger partial charge in [-0.3, -0.25) is 10.1 Å². The first-order valence-electron chi connectivity index (χ1n) is 5.72. The van der Waals surface area contributed by atoms with Gasteiger partial charge in [-0.25, -0.2) is 4.98 Å². The van der Waals surface area contributed by atoms with Crippen molar-refractivity contribution in [2.75, 3.05) is 5.32 Å². The molecule has 1 unspecified atom stereocenters. The molecule has 102 valence electrons. The second-order valence-electron chi connectivity index (χ2n) is 5.27. The molecule has 0 aliphatic rings. The predicted octanol–water partition coefficient (Wildman–Crippen LogP) is 1.32. The molecule has 2 heterocycles. The zero-order valence-electron chi connectivity index (χ0n) is 10.9. The average molecular weight is 283 g/mol. The molecule has 0 aliphatic heterocycles. The van der Waals surface area contributed by atoms with Crippen molar-refractivity contribution in [1.82, 2.24) is 19.9 Å². The molecular formula is C11H15ClN6O. The van der Waals surface area contributed by atoms with Crippen LogP contribution in [0, 0.1) is 5.41 Å². The minimum Gasteiger partial charge on any atom is -0.341 e. The number of aromatic nitrogens is 4. The number of amides is 1. The van der Waals surface area contributed by atoms with Gasteiger partial charge in [-0.15, -0.1) is 0 Å². The Labute approximate surface area is 115 Å². The van der Waals surface area contributed by atoms with Crippen molar-refractivity contribution in [1.29, 1.82) is 0 Å². The Morgan fingerprint density at radius 3 is 2.79 bits per heavy atom. The number of hydrogen-bond acceptors (Lipinski definition) is 5. The van der Waals surface area contributed by atoms with Gasteiger partial charge in [-0.2, -0.15) is 9.97 Å². The van der Waals surface area contributed by atoms with E-state index in [0.29, 0.717) is 11.2 Å². The van der Waals surface area contributed by atoms with E-state index in [4.69, 9.17) is 17.3 Å². The second-order valence-corrected chi connectivity index (χ2v) is 5.63. The first-order chi connectivity index (χ1) is 8.79. The summed E-state index contributed by atoms with van der Waals surface area (Å²) in [6.45, 7) is 5.63. The molecule has 2 aromatic rings. The minimum absolute atomic E-state index is 0.0919. The lowest BCUT2D eigenvalue weighted by molar-refractivity contribution is -0.119. The fraction of sp³-hybridized carbons (Fsp3) is 0.455. The van der Waals surface area contributed by atoms with Crippen LogP contribution in [0.15, 0.2) is 6.33 Å². The number of fused-ring (bicyclic) bond motifs is 1. The van der Waals surface area contributed by atoms with Crippen molar-refractivity contribution < 1.29 is 4.79 Å². The molecule has 7 nitrogen and oxygen atoms in total. The van der Waals surface area contributed by atoms with Gasteiger partial charge in [0, 0.05) is 0 Å². The monoisotopic (exact) mass is 282 g/mol. The summed E-state index contributed by atoms with van der Waals surface area (Å²) in [5.74, 6) is -0.271. The molecule has 8 heteroatoms. The van der Waals surface area contributed by atoms with Crippen LogP contribution in [0.1, 0.15) is 20.8 Å². The molecule has 0 fully saturated rings. The van der Waals surface area contributed by atoms with E-state index in [-0.39, 0.29) is 22.4 Å². The van der Waals surface area contributed by atoms with Crippen LogP contribution in [0.4, 0.5) is 5.95 Å². The van der Waals surface area contributed by atoms with E-state index in [1.165, 1.54) is 6.33 Å². The number of imidazole rings is 1. The van der Waals surface area contributed by atoms with Gasteiger partial charge in [0.15, 0.2) is 10.8 Å². The molecule has 0 spiro atoms. The Balaban J connectivity index is 2.24. The van der Waals surface area contributed by atoms with E-state index >= 15 is 0 Å². The van der Waals surface area contributed by atoms with Crippen molar-refractivity contribution in [3.63, 3.8) is 0 Å². The van der Waals surface area contributed by atoms with Crippen LogP contribution in [0.3, 0.4) is 0 Å². The van der Waals surface area contributed by atoms with E-state index in [1.54, 1.807) is 0 Å². The number of hydrogen-bond donors (Lipinski definition) is 3. The molecular weight excluding hydrogens is 268 g/mol. The van der Waals surface area contributed by atoms with Gasteiger partial charge < -0.3 is 10.7 Å². The molecule has 19 heavy (non-hydrogen) atoms. The third-order valence-corrected chi connectivity index (χ3v) is 2.97. The normalized spacial score (nSPS) is 13.5. The third kappa shape index (κ3) is 2.82. The van der Waals surface area contributed by atoms with Crippen molar-refractivity contribution in [3.8, 4) is 0 Å². The SMILES string of the molecule is CC(C)(C)C(N)C(=O)Nc1nc(Cl)c2[nH]cnc2n1. The van der Waals surface area contributed by atoms with Crippen LogP contribution < -0.4 is 11.1 Å². The summed E-state index contributed by atoms with van der Waals surface area (Å²) in [7, 11) is 0. The molecule has 2 aromatic heterocycles. The van der Waals surface area contributed by atoms with Gasteiger partial charge in [0.05, 0.1) is 12.4 Å². The van der Waals surface area contributed by atoms with Crippen LogP contribution in [0.5, 0.6) is 0 Å². The molecule has 1 amide bonds. The summed E-state index contributed by atoms with van der Waals surface area (Å²) in [5, 5.41) is 2.74. The first-order valence-corrected chi connectivity index (χ1v) is 6.10. The van der Waals surface area contributed by atoms with Gasteiger partial charge in [-0.05, 0) is 5.41 Å². The Kier molecular flexibility index (Phi) is 3.42. The van der Waals surface area contributed by atoms with Crippen LogP contribution >= 0.6 is 11.6 Å². The van der Waals surface area contributed by atoms with Gasteiger partial charge in [-0.1, -0.05) is 32.4 Å². The summed E-state index contributed by atoms with van der Waals surface area (Å²) >= 11 is 5.95. The number of nitrogens with two attached hydrogens (primary N) is 1. The summed E-state index contributed by atoms with van der Waals surface area (Å²) in [6.07, 6.45) is 1.46. The fourth-order valence-electron chi connectivity index (χ4n) is 1.43. The highest BCUT2D eigenvalue weighted by atomic mass is 35.5. The number of halogens is 1. The first kappa shape index (κ1) is 13.7. The molecule has 0 aliphatic carbocycles. The molecule has 0 saturated carbocycles. The Bertz CT molecular complexity index is 617. The topological polar surface area (TPSA) is 110 Å². The predicted molar refractivity (Wildman–Crippen MR) is 72.8 cm³/mol. The smallest absolute Gasteiger partial charge is 0.244 e. The lowest BCUT2D eigenvalue weighted by atomic mass is 9.87. The molecule has 0 bridgehead atoms. The van der Waals surface area contributed by atoms with Crippen molar-refractivity contribution in [2.24, 2.45) is 11.1 Å². The highest BCUT2D eigenvalue weighted by molar-refractivity contribution is 6.33. The Hall–Kier alpha value is -1.73. The highest BCUT2D eigenvalue weighted by Crippen LogP contribution is 2.20. The quantitative estimate of drug-likeness (QED) is 0.720. The van der Waals surface area contributed by atoms with Gasteiger partial charge in [0.2, 0.25) is 11.9 Å². The zero-order chi connectivity index (χ0) is 14.2. The van der Waals surface area contributed by atoms with Gasteiger partial charge in [0.25, 0.3) is 0 Å². The van der Waals surface area contributed by atoms with Gasteiger partial charge >= 0.3 is 0 Å². The average Bonchev–Trinajstić information content (AvgIpc) is 2.75. The molecule has 4 N–H and O–H groups in total. The van der Waals surface area contributed by atoms with E-state index < -0.39 is 6.04 Å². The number of aromatic amines is 1. The second kappa shape index (κ2) is 4.75. The van der Waals surface area contributed by atoms with Crippen molar-refractivity contribution in [2.45, 2.75) is 26.8 Å². The number of anilines is 1. The van der Waals surface area contributed by atoms with Crippen molar-refractivity contribution in [3.05, 3.63) is 11.5 Å². The summed E-state index contributed by atoms with van der Waals surface area (Å²) in [5.41, 5.74) is 6.41. The number of carbonyl (C=O) groups is 1. The number of rotatable bonds is 2. The summed E-state index contributed by atoms with van der Waals surface area (Å²) < 4.78 is 0. The van der Waals surface area contributed by atoms with Crippen LogP contribution in [0.25, 0.3) is 11.2 Å². The molecule has 0 aromatic carbocycles. The van der Waals surface area contributed by atoms with Crippen molar-refractivity contribution >= 4 is 34.6 Å². The zero-order valence-corrected chi connectivity index (χ0v) is 11.6. The van der Waals surface area contributed by atoms with Gasteiger partial charge in [0.1, 0.15) is 5.52 Å². The minimum atomic E-state index is -0.676. The maximum absolute atomic E-state index is 12.0. The lowest BCUT2D eigenvalue weighted by Crippen LogP contribution is -2.45. The standard InChI is InChI=1S/C11H15ClN6O/c1-11(2,3)6(13)9(19)18-10-16-7(12)5-8(17-10)15-4-14-5/h4,6H,13H2,1-3H3,(H2,14,15,16,17,18,19). The maximum Gasteiger partial charge on any atom is 0.244 e. The summed E-state index contributed by atoms with van der Waals surface area (Å²) in [4.78, 5) is 26.8. The molecule has 1 atom stereocenters. The maximum atomic E-state index is 12.0. The van der Waals surface area contributed by atoms with Crippen LogP contribution in [-0.2, 0) is 4.79 Å². The molecule has 2 rings (SSSR count). The number of carbonyl (C=O) groups excluding carboxylic acids is 1. The Morgan fingerprint density at radius 2 is 2.16 bits per heavy atom. The lowest BCUT2D eigenvalue weighted by Gasteiger charge is -2.25. The highest BCUT2D eigenvalue weighted by Gasteiger charge is 2.28. The van der Waals surface area contributed by atoms with Crippen LogP contribution in [0.2, 0.25) is 5.15 Å². The van der Waals surface area contributed by atoms with E-state index in [1.807, 2.05) is 20.8 Å². The summed E-state index contributed by atoms with van der Waals surface area (Å²) in [6, 6.07) is -0.676. The Morgan fingerprint density at radius 1 is 1.47 bits per heavy atom. The van der Waals surface area contributed by atoms with E-state index in [2.05, 4.69) is 25.3 Å².